The molecular weight excluding hydrogens is 902 g/mol. The summed E-state index contributed by atoms with van der Waals surface area (Å²) < 4.78 is 57.6. The minimum Gasteiger partial charge on any atom is -0.489 e. The zero-order valence-electron chi connectivity index (χ0n) is 39.7. The van der Waals surface area contributed by atoms with Crippen LogP contribution in [0.25, 0.3) is 11.0 Å². The molecule has 1 amide bonds. The number of aromatic amines is 1. The number of aryl methyl sites for hydroxylation is 1. The van der Waals surface area contributed by atoms with Crippen molar-refractivity contribution in [3.8, 4) is 17.2 Å². The van der Waals surface area contributed by atoms with Gasteiger partial charge < -0.3 is 29.8 Å². The highest BCUT2D eigenvalue weighted by Crippen LogP contribution is 2.49. The molecule has 3 aliphatic heterocycles. The summed E-state index contributed by atoms with van der Waals surface area (Å²) in [6.45, 7) is 12.1. The standard InChI is InChI=1S/C52H62FN7O8S/c1-5-41-46(26-39-40(53)27-54-49(39)56-41)68-45-23-33(58-21-19-52(20-22-58)29-59(30-52)43-12-8-11-37(43)36-10-7-6-9-35(36)31(2)3)13-14-38(45)50(61)57-69(65,66)34-24-44(60(63)64)48-47(25-34)67-28-42(55-48)32-15-17-51(4,62)18-16-32/h6-7,9-10,13-14,23-27,31-32,37,42-43,55,62H,5,8,11-12,15-22,28-30H2,1-4H3,(H,54,56)(H,57,61)/t32?,37-,42+,43-,51?/m0/s1. The first-order valence-electron chi connectivity index (χ1n) is 24.6. The number of piperidine rings is 1. The Hall–Kier alpha value is -5.78. The van der Waals surface area contributed by atoms with Crippen LogP contribution in [0.4, 0.5) is 21.5 Å². The smallest absolute Gasteiger partial charge is 0.297 e. The van der Waals surface area contributed by atoms with Crippen molar-refractivity contribution in [2.45, 2.75) is 126 Å². The minimum absolute atomic E-state index is 0.0236. The molecule has 366 valence electrons. The molecule has 2 saturated carbocycles. The summed E-state index contributed by atoms with van der Waals surface area (Å²) >= 11 is 0. The van der Waals surface area contributed by atoms with Gasteiger partial charge in [0.05, 0.1) is 38.1 Å². The summed E-state index contributed by atoms with van der Waals surface area (Å²) in [6, 6.07) is 17.8. The van der Waals surface area contributed by atoms with Crippen molar-refractivity contribution >= 4 is 44.0 Å². The molecule has 69 heavy (non-hydrogen) atoms. The van der Waals surface area contributed by atoms with Gasteiger partial charge in [-0.05, 0) is 117 Å². The lowest BCUT2D eigenvalue weighted by atomic mass is 9.70. The SMILES string of the molecule is CCc1nc2[nH]cc(F)c2cc1Oc1cc(N2CCC3(CC2)CN([C@H]2CCC[C@H]2c2ccccc2C(C)C)C3)ccc1C(=O)NS(=O)(=O)c1cc2c(c([N+](=O)[O-])c1)N[C@@H](C1CCC(C)(O)CC1)CO2. The van der Waals surface area contributed by atoms with Crippen molar-refractivity contribution in [2.24, 2.45) is 11.3 Å². The normalized spacial score (nSPS) is 24.7. The van der Waals surface area contributed by atoms with Gasteiger partial charge in [0.2, 0.25) is 0 Å². The third-order valence-corrected chi connectivity index (χ3v) is 17.2. The van der Waals surface area contributed by atoms with Gasteiger partial charge in [-0.1, -0.05) is 51.5 Å². The third kappa shape index (κ3) is 9.13. The number of nitrogens with one attached hydrogen (secondary N) is 3. The van der Waals surface area contributed by atoms with Crippen LogP contribution in [0.2, 0.25) is 0 Å². The molecule has 10 rings (SSSR count). The van der Waals surface area contributed by atoms with Crippen molar-refractivity contribution in [3.05, 3.63) is 105 Å². The van der Waals surface area contributed by atoms with Crippen molar-refractivity contribution in [3.63, 3.8) is 0 Å². The number of pyridine rings is 1. The monoisotopic (exact) mass is 963 g/mol. The molecule has 4 N–H and O–H groups in total. The zero-order chi connectivity index (χ0) is 48.4. The maximum atomic E-state index is 14.9. The van der Waals surface area contributed by atoms with Gasteiger partial charge in [0.1, 0.15) is 29.6 Å². The summed E-state index contributed by atoms with van der Waals surface area (Å²) in [5, 5.41) is 26.3. The van der Waals surface area contributed by atoms with Crippen LogP contribution in [0.3, 0.4) is 0 Å². The van der Waals surface area contributed by atoms with Crippen molar-refractivity contribution in [1.29, 1.82) is 0 Å². The summed E-state index contributed by atoms with van der Waals surface area (Å²) in [4.78, 5) is 37.9. The number of fused-ring (bicyclic) bond motifs is 2. The molecule has 0 unspecified atom stereocenters. The summed E-state index contributed by atoms with van der Waals surface area (Å²) in [6.07, 6.45) is 9.85. The fourth-order valence-electron chi connectivity index (χ4n) is 11.9. The van der Waals surface area contributed by atoms with Gasteiger partial charge >= 0.3 is 0 Å². The lowest BCUT2D eigenvalue weighted by Crippen LogP contribution is -2.63. The number of hydrogen-bond acceptors (Lipinski definition) is 12. The Morgan fingerprint density at radius 1 is 1.04 bits per heavy atom. The van der Waals surface area contributed by atoms with Crippen LogP contribution in [0.1, 0.15) is 124 Å². The second-order valence-electron chi connectivity index (χ2n) is 20.8. The Bertz CT molecular complexity index is 2900. The van der Waals surface area contributed by atoms with E-state index >= 15 is 0 Å². The van der Waals surface area contributed by atoms with E-state index in [-0.39, 0.29) is 57.9 Å². The van der Waals surface area contributed by atoms with E-state index in [0.29, 0.717) is 61.3 Å². The third-order valence-electron chi connectivity index (χ3n) is 15.9. The quantitative estimate of drug-likeness (QED) is 0.0685. The Morgan fingerprint density at radius 3 is 2.52 bits per heavy atom. The number of halogens is 1. The second kappa shape index (κ2) is 18.2. The van der Waals surface area contributed by atoms with Crippen LogP contribution >= 0.6 is 0 Å². The van der Waals surface area contributed by atoms with E-state index in [4.69, 9.17) is 9.47 Å². The summed E-state index contributed by atoms with van der Waals surface area (Å²) in [5.41, 5.74) is 3.47. The molecule has 2 saturated heterocycles. The van der Waals surface area contributed by atoms with Crippen molar-refractivity contribution in [1.82, 2.24) is 19.6 Å². The van der Waals surface area contributed by atoms with E-state index < -0.39 is 42.9 Å². The van der Waals surface area contributed by atoms with Crippen LogP contribution < -0.4 is 24.4 Å². The zero-order valence-corrected chi connectivity index (χ0v) is 40.5. The molecule has 3 atom stereocenters. The van der Waals surface area contributed by atoms with Crippen LogP contribution in [0, 0.1) is 27.3 Å². The van der Waals surface area contributed by atoms with Crippen molar-refractivity contribution < 1.29 is 37.1 Å². The Labute approximate surface area is 402 Å². The molecule has 2 aliphatic carbocycles. The number of aliphatic hydroxyl groups is 1. The van der Waals surface area contributed by atoms with Crippen molar-refractivity contribution in [2.75, 3.05) is 43.0 Å². The maximum absolute atomic E-state index is 14.9. The average molecular weight is 964 g/mol. The van der Waals surface area contributed by atoms with Crippen LogP contribution in [-0.2, 0) is 16.4 Å². The Morgan fingerprint density at radius 2 is 1.80 bits per heavy atom. The van der Waals surface area contributed by atoms with Gasteiger partial charge in [0, 0.05) is 62.3 Å². The Balaban J connectivity index is 0.883. The molecule has 5 heterocycles. The molecular formula is C52H62FN7O8S. The van der Waals surface area contributed by atoms with Gasteiger partial charge in [0.25, 0.3) is 21.6 Å². The number of aromatic nitrogens is 2. The van der Waals surface area contributed by atoms with Gasteiger partial charge in [-0.25, -0.2) is 22.5 Å². The number of anilines is 2. The molecule has 2 aromatic heterocycles. The molecule has 15 nitrogen and oxygen atoms in total. The van der Waals surface area contributed by atoms with Crippen LogP contribution in [0.5, 0.6) is 17.2 Å². The number of nitrogens with zero attached hydrogens (tertiary/aromatic N) is 4. The second-order valence-corrected chi connectivity index (χ2v) is 22.5. The highest BCUT2D eigenvalue weighted by Gasteiger charge is 2.49. The number of sulfonamides is 1. The van der Waals surface area contributed by atoms with Crippen LogP contribution in [-0.4, -0.2) is 89.7 Å². The van der Waals surface area contributed by atoms with E-state index in [0.717, 1.165) is 50.8 Å². The number of amides is 1. The van der Waals surface area contributed by atoms with E-state index in [1.54, 1.807) is 19.1 Å². The number of rotatable bonds is 12. The molecule has 5 aromatic rings. The lowest BCUT2D eigenvalue weighted by molar-refractivity contribution is -0.384. The predicted molar refractivity (Wildman–Crippen MR) is 262 cm³/mol. The van der Waals surface area contributed by atoms with E-state index in [9.17, 15) is 32.8 Å². The number of ether oxygens (including phenoxy) is 2. The van der Waals surface area contributed by atoms with Gasteiger partial charge in [-0.3, -0.25) is 19.8 Å². The molecule has 1 spiro atoms. The number of carbonyl (C=O) groups excluding carboxylic acids is 1. The number of benzene rings is 3. The van der Waals surface area contributed by atoms with Gasteiger partial charge in [-0.2, -0.15) is 0 Å². The fraction of sp³-hybridized carbons (Fsp3) is 0.500. The molecule has 5 aliphatic rings. The number of H-pyrrole nitrogens is 1. The van der Waals surface area contributed by atoms with E-state index in [1.165, 1.54) is 54.8 Å². The number of nitro benzene ring substituents is 1. The molecule has 0 radical (unpaired) electrons. The number of likely N-dealkylation sites (tertiary alicyclic amines) is 1. The first kappa shape index (κ1) is 46.9. The first-order valence-corrected chi connectivity index (χ1v) is 26.1. The number of nitro groups is 1. The minimum atomic E-state index is -4.73. The maximum Gasteiger partial charge on any atom is 0.297 e. The lowest BCUT2D eigenvalue weighted by Gasteiger charge is -2.57. The summed E-state index contributed by atoms with van der Waals surface area (Å²) in [5.74, 6) is -0.220. The highest BCUT2D eigenvalue weighted by atomic mass is 32.2. The van der Waals surface area contributed by atoms with Crippen LogP contribution in [0.15, 0.2) is 71.8 Å². The number of hydrogen-bond donors (Lipinski definition) is 4. The Kier molecular flexibility index (Phi) is 12.4. The molecule has 17 heteroatoms. The largest absolute Gasteiger partial charge is 0.489 e. The van der Waals surface area contributed by atoms with Gasteiger partial charge in [0.15, 0.2) is 11.4 Å². The average Bonchev–Trinajstić information content (AvgIpc) is 3.96. The number of carbonyl (C=O) groups is 1. The highest BCUT2D eigenvalue weighted by molar-refractivity contribution is 7.90. The predicted octanol–water partition coefficient (Wildman–Crippen LogP) is 9.56. The molecule has 3 aromatic carbocycles. The molecule has 4 fully saturated rings. The van der Waals surface area contributed by atoms with E-state index in [1.807, 2.05) is 6.92 Å². The first-order chi connectivity index (χ1) is 33.0. The fourth-order valence-corrected chi connectivity index (χ4v) is 12.9. The van der Waals surface area contributed by atoms with E-state index in [2.05, 4.69) is 67.9 Å². The summed E-state index contributed by atoms with van der Waals surface area (Å²) in [7, 11) is -4.73. The molecule has 0 bridgehead atoms. The topological polar surface area (TPSA) is 192 Å². The van der Waals surface area contributed by atoms with Gasteiger partial charge in [-0.15, -0.1) is 0 Å².